The van der Waals surface area contributed by atoms with Gasteiger partial charge >= 0.3 is 0 Å². The van der Waals surface area contributed by atoms with Crippen molar-refractivity contribution in [2.45, 2.75) is 24.2 Å². The van der Waals surface area contributed by atoms with Gasteiger partial charge in [-0.25, -0.2) is 8.78 Å². The second kappa shape index (κ2) is 3.21. The molecule has 3 atom stereocenters. The van der Waals surface area contributed by atoms with Gasteiger partial charge in [-0.3, -0.25) is 0 Å². The average molecular weight is 182 g/mol. The van der Waals surface area contributed by atoms with Gasteiger partial charge in [-0.1, -0.05) is 0 Å². The SMILES string of the molecule is NCC1OCC(N)C(F)(F)C1O. The molecule has 0 saturated carbocycles. The lowest BCUT2D eigenvalue weighted by atomic mass is 9.98. The number of hydrogen-bond acceptors (Lipinski definition) is 4. The molecule has 0 bridgehead atoms. The molecule has 3 unspecified atom stereocenters. The highest BCUT2D eigenvalue weighted by atomic mass is 19.3. The third-order valence-electron chi connectivity index (χ3n) is 1.96. The van der Waals surface area contributed by atoms with Gasteiger partial charge in [0, 0.05) is 6.54 Å². The number of nitrogens with two attached hydrogens (primary N) is 2. The summed E-state index contributed by atoms with van der Waals surface area (Å²) in [5.41, 5.74) is 10.1. The van der Waals surface area contributed by atoms with Crippen LogP contribution in [0.5, 0.6) is 0 Å². The van der Waals surface area contributed by atoms with Gasteiger partial charge < -0.3 is 21.3 Å². The van der Waals surface area contributed by atoms with Crippen LogP contribution in [-0.4, -0.2) is 42.4 Å². The van der Waals surface area contributed by atoms with E-state index in [0.717, 1.165) is 0 Å². The Bertz CT molecular complexity index is 168. The van der Waals surface area contributed by atoms with Gasteiger partial charge in [0.25, 0.3) is 5.92 Å². The summed E-state index contributed by atoms with van der Waals surface area (Å²) in [4.78, 5) is 0. The summed E-state index contributed by atoms with van der Waals surface area (Å²) in [6, 6.07) is -1.45. The first kappa shape index (κ1) is 9.79. The van der Waals surface area contributed by atoms with Gasteiger partial charge in [0.2, 0.25) is 0 Å². The standard InChI is InChI=1S/C6H12F2N2O2/c7-6(8)4(10)2-12-3(1-9)5(6)11/h3-5,11H,1-2,9-10H2. The molecule has 1 aliphatic heterocycles. The summed E-state index contributed by atoms with van der Waals surface area (Å²) in [5, 5.41) is 9.03. The monoisotopic (exact) mass is 182 g/mol. The first-order chi connectivity index (χ1) is 5.50. The van der Waals surface area contributed by atoms with Crippen molar-refractivity contribution in [1.82, 2.24) is 0 Å². The largest absolute Gasteiger partial charge is 0.384 e. The van der Waals surface area contributed by atoms with Gasteiger partial charge in [-0.2, -0.15) is 0 Å². The number of halogens is 2. The number of alkyl halides is 2. The lowest BCUT2D eigenvalue weighted by Crippen LogP contribution is -2.62. The average Bonchev–Trinajstić information content (AvgIpc) is 2.02. The van der Waals surface area contributed by atoms with Crippen LogP contribution in [0.15, 0.2) is 0 Å². The van der Waals surface area contributed by atoms with Crippen LogP contribution < -0.4 is 11.5 Å². The van der Waals surface area contributed by atoms with Gasteiger partial charge in [0.05, 0.1) is 12.6 Å². The first-order valence-electron chi connectivity index (χ1n) is 3.63. The minimum absolute atomic E-state index is 0.135. The summed E-state index contributed by atoms with van der Waals surface area (Å²) in [7, 11) is 0. The Balaban J connectivity index is 2.71. The van der Waals surface area contributed by atoms with E-state index in [0.29, 0.717) is 0 Å². The quantitative estimate of drug-likeness (QED) is 0.469. The highest BCUT2D eigenvalue weighted by Crippen LogP contribution is 2.29. The normalized spacial score (nSPS) is 41.2. The Kier molecular flexibility index (Phi) is 2.62. The fraction of sp³-hybridized carbons (Fsp3) is 1.00. The molecule has 0 amide bonds. The molecule has 0 aromatic rings. The van der Waals surface area contributed by atoms with E-state index >= 15 is 0 Å². The second-order valence-corrected chi connectivity index (χ2v) is 2.83. The molecule has 1 aliphatic rings. The molecule has 0 aromatic carbocycles. The van der Waals surface area contributed by atoms with E-state index < -0.39 is 24.2 Å². The van der Waals surface area contributed by atoms with Gasteiger partial charge in [0.15, 0.2) is 0 Å². The van der Waals surface area contributed by atoms with Crippen LogP contribution in [0.4, 0.5) is 8.78 Å². The Morgan fingerprint density at radius 2 is 2.17 bits per heavy atom. The molecular weight excluding hydrogens is 170 g/mol. The molecule has 1 fully saturated rings. The van der Waals surface area contributed by atoms with E-state index in [1.165, 1.54) is 0 Å². The van der Waals surface area contributed by atoms with E-state index in [1.807, 2.05) is 0 Å². The predicted octanol–water partition coefficient (Wildman–Crippen LogP) is -1.33. The van der Waals surface area contributed by atoms with Gasteiger partial charge in [-0.15, -0.1) is 0 Å². The lowest BCUT2D eigenvalue weighted by molar-refractivity contribution is -0.218. The second-order valence-electron chi connectivity index (χ2n) is 2.83. The molecule has 6 heteroatoms. The van der Waals surface area contributed by atoms with Gasteiger partial charge in [0.1, 0.15) is 12.2 Å². The van der Waals surface area contributed by atoms with E-state index in [-0.39, 0.29) is 13.2 Å². The molecule has 1 rings (SSSR count). The fourth-order valence-corrected chi connectivity index (χ4v) is 1.09. The molecule has 5 N–H and O–H groups in total. The molecule has 0 radical (unpaired) electrons. The number of aliphatic hydroxyl groups is 1. The molecule has 0 spiro atoms. The number of rotatable bonds is 1. The van der Waals surface area contributed by atoms with Crippen LogP contribution in [0, 0.1) is 0 Å². The van der Waals surface area contributed by atoms with Crippen molar-refractivity contribution in [3.63, 3.8) is 0 Å². The Hall–Kier alpha value is -0.300. The minimum Gasteiger partial charge on any atom is -0.384 e. The van der Waals surface area contributed by atoms with Gasteiger partial charge in [-0.05, 0) is 0 Å². The molecule has 1 saturated heterocycles. The molecule has 1 heterocycles. The zero-order valence-electron chi connectivity index (χ0n) is 6.41. The molecular formula is C6H12F2N2O2. The molecule has 0 aromatic heterocycles. The first-order valence-corrected chi connectivity index (χ1v) is 3.63. The van der Waals surface area contributed by atoms with E-state index in [9.17, 15) is 8.78 Å². The van der Waals surface area contributed by atoms with Crippen molar-refractivity contribution in [2.24, 2.45) is 11.5 Å². The maximum absolute atomic E-state index is 12.9. The van der Waals surface area contributed by atoms with E-state index in [4.69, 9.17) is 21.3 Å². The van der Waals surface area contributed by atoms with Crippen LogP contribution in [-0.2, 0) is 4.74 Å². The molecule has 0 aliphatic carbocycles. The van der Waals surface area contributed by atoms with Crippen molar-refractivity contribution in [3.8, 4) is 0 Å². The van der Waals surface area contributed by atoms with Crippen LogP contribution in [0.2, 0.25) is 0 Å². The Morgan fingerprint density at radius 1 is 1.58 bits per heavy atom. The number of ether oxygens (including phenoxy) is 1. The van der Waals surface area contributed by atoms with Crippen molar-refractivity contribution in [3.05, 3.63) is 0 Å². The molecule has 4 nitrogen and oxygen atoms in total. The predicted molar refractivity (Wildman–Crippen MR) is 37.7 cm³/mol. The van der Waals surface area contributed by atoms with Crippen molar-refractivity contribution >= 4 is 0 Å². The third-order valence-corrected chi connectivity index (χ3v) is 1.96. The highest BCUT2D eigenvalue weighted by molar-refractivity contribution is 4.95. The van der Waals surface area contributed by atoms with E-state index in [2.05, 4.69) is 0 Å². The summed E-state index contributed by atoms with van der Waals surface area (Å²) < 4.78 is 30.6. The number of aliphatic hydroxyl groups excluding tert-OH is 1. The Morgan fingerprint density at radius 3 is 2.67 bits per heavy atom. The lowest BCUT2D eigenvalue weighted by Gasteiger charge is -2.37. The maximum Gasteiger partial charge on any atom is 0.292 e. The smallest absolute Gasteiger partial charge is 0.292 e. The summed E-state index contributed by atoms with van der Waals surface area (Å²) >= 11 is 0. The maximum atomic E-state index is 12.9. The topological polar surface area (TPSA) is 81.5 Å². The highest BCUT2D eigenvalue weighted by Gasteiger charge is 2.52. The van der Waals surface area contributed by atoms with Crippen molar-refractivity contribution in [1.29, 1.82) is 0 Å². The van der Waals surface area contributed by atoms with Crippen LogP contribution in [0.3, 0.4) is 0 Å². The molecule has 72 valence electrons. The zero-order valence-corrected chi connectivity index (χ0v) is 6.41. The summed E-state index contributed by atoms with van der Waals surface area (Å²) in [5.74, 6) is -3.30. The fourth-order valence-electron chi connectivity index (χ4n) is 1.09. The third kappa shape index (κ3) is 1.42. The minimum atomic E-state index is -3.30. The van der Waals surface area contributed by atoms with Crippen molar-refractivity contribution in [2.75, 3.05) is 13.2 Å². The van der Waals surface area contributed by atoms with Crippen LogP contribution in [0.1, 0.15) is 0 Å². The molecule has 12 heavy (non-hydrogen) atoms. The summed E-state index contributed by atoms with van der Waals surface area (Å²) in [6.07, 6.45) is -2.91. The Labute approximate surface area is 68.5 Å². The van der Waals surface area contributed by atoms with E-state index in [1.54, 1.807) is 0 Å². The summed E-state index contributed by atoms with van der Waals surface area (Å²) in [6.45, 7) is -0.407. The van der Waals surface area contributed by atoms with Crippen LogP contribution >= 0.6 is 0 Å². The van der Waals surface area contributed by atoms with Crippen molar-refractivity contribution < 1.29 is 18.6 Å². The number of hydrogen-bond donors (Lipinski definition) is 3. The van der Waals surface area contributed by atoms with Crippen LogP contribution in [0.25, 0.3) is 0 Å². The zero-order chi connectivity index (χ0) is 9.35.